The predicted molar refractivity (Wildman–Crippen MR) is 88.4 cm³/mol. The molecule has 6 heteroatoms. The molecular formula is C17H10ClN5. The molecule has 2 aromatic carbocycles. The Morgan fingerprint density at radius 2 is 2.04 bits per heavy atom. The Balaban J connectivity index is 1.87. The Morgan fingerprint density at radius 3 is 2.91 bits per heavy atom. The molecule has 0 fully saturated rings. The number of hydrogen-bond donors (Lipinski definition) is 1. The summed E-state index contributed by atoms with van der Waals surface area (Å²) in [5.41, 5.74) is 3.78. The van der Waals surface area contributed by atoms with Crippen LogP contribution < -0.4 is 0 Å². The van der Waals surface area contributed by atoms with Crippen molar-refractivity contribution in [2.75, 3.05) is 0 Å². The lowest BCUT2D eigenvalue weighted by atomic mass is 10.1. The average molecular weight is 320 g/mol. The maximum absolute atomic E-state index is 9.11. The molecule has 0 aliphatic heterocycles. The highest BCUT2D eigenvalue weighted by atomic mass is 35.5. The average Bonchev–Trinajstić information content (AvgIpc) is 3.21. The highest BCUT2D eigenvalue weighted by Gasteiger charge is 2.11. The molecule has 0 saturated carbocycles. The van der Waals surface area contributed by atoms with E-state index >= 15 is 0 Å². The van der Waals surface area contributed by atoms with E-state index in [0.717, 1.165) is 22.2 Å². The van der Waals surface area contributed by atoms with E-state index in [1.165, 1.54) is 0 Å². The minimum atomic E-state index is 0.353. The van der Waals surface area contributed by atoms with E-state index < -0.39 is 0 Å². The van der Waals surface area contributed by atoms with Crippen LogP contribution in [0.2, 0.25) is 5.02 Å². The van der Waals surface area contributed by atoms with Crippen molar-refractivity contribution in [2.45, 2.75) is 0 Å². The van der Waals surface area contributed by atoms with Crippen molar-refractivity contribution in [3.05, 3.63) is 65.4 Å². The second-order valence-corrected chi connectivity index (χ2v) is 5.52. The lowest BCUT2D eigenvalue weighted by Gasteiger charge is -2.07. The van der Waals surface area contributed by atoms with Crippen LogP contribution in [-0.4, -0.2) is 20.0 Å². The standard InChI is InChI=1S/C17H10ClN5/c18-13-4-5-16-11(8-13)6-7-23(16)14-3-1-2-12(9-14)17-15(10-19)20-22-21-17/h1-9H,(H,20,21,22). The summed E-state index contributed by atoms with van der Waals surface area (Å²) in [5.74, 6) is 0. The zero-order valence-corrected chi connectivity index (χ0v) is 12.6. The molecule has 0 bridgehead atoms. The molecule has 0 aliphatic rings. The molecule has 110 valence electrons. The van der Waals surface area contributed by atoms with Crippen LogP contribution in [0.4, 0.5) is 0 Å². The Labute approximate surface area is 136 Å². The molecule has 2 heterocycles. The lowest BCUT2D eigenvalue weighted by molar-refractivity contribution is 0.937. The van der Waals surface area contributed by atoms with Gasteiger partial charge in [-0.15, -0.1) is 5.10 Å². The van der Waals surface area contributed by atoms with Gasteiger partial charge in [0.15, 0.2) is 5.69 Å². The molecule has 0 spiro atoms. The van der Waals surface area contributed by atoms with Gasteiger partial charge in [0.25, 0.3) is 0 Å². The summed E-state index contributed by atoms with van der Waals surface area (Å²) in [7, 11) is 0. The summed E-state index contributed by atoms with van der Waals surface area (Å²) in [6.45, 7) is 0. The molecule has 23 heavy (non-hydrogen) atoms. The van der Waals surface area contributed by atoms with Gasteiger partial charge in [-0.05, 0) is 36.4 Å². The van der Waals surface area contributed by atoms with E-state index in [1.807, 2.05) is 54.7 Å². The third-order valence-electron chi connectivity index (χ3n) is 3.71. The summed E-state index contributed by atoms with van der Waals surface area (Å²) in [4.78, 5) is 0. The number of aromatic amines is 1. The molecule has 0 amide bonds. The van der Waals surface area contributed by atoms with Gasteiger partial charge in [-0.25, -0.2) is 5.10 Å². The number of nitriles is 1. The zero-order valence-electron chi connectivity index (χ0n) is 11.9. The Bertz CT molecular complexity index is 1050. The molecule has 4 rings (SSSR count). The number of hydrogen-bond acceptors (Lipinski definition) is 3. The maximum atomic E-state index is 9.11. The molecule has 1 N–H and O–H groups in total. The van der Waals surface area contributed by atoms with Crippen molar-refractivity contribution in [1.29, 1.82) is 5.26 Å². The summed E-state index contributed by atoms with van der Waals surface area (Å²) in [6, 6.07) is 17.7. The number of rotatable bonds is 2. The first kappa shape index (κ1) is 13.6. The van der Waals surface area contributed by atoms with Crippen LogP contribution in [-0.2, 0) is 0 Å². The first-order valence-electron chi connectivity index (χ1n) is 6.95. The summed E-state index contributed by atoms with van der Waals surface area (Å²) >= 11 is 6.04. The van der Waals surface area contributed by atoms with Gasteiger partial charge < -0.3 is 4.57 Å². The van der Waals surface area contributed by atoms with Gasteiger partial charge in [-0.1, -0.05) is 28.9 Å². The van der Waals surface area contributed by atoms with Gasteiger partial charge in [0.2, 0.25) is 0 Å². The quantitative estimate of drug-likeness (QED) is 0.608. The van der Waals surface area contributed by atoms with E-state index in [4.69, 9.17) is 16.9 Å². The summed E-state index contributed by atoms with van der Waals surface area (Å²) in [6.07, 6.45) is 1.99. The Morgan fingerprint density at radius 1 is 1.13 bits per heavy atom. The van der Waals surface area contributed by atoms with Crippen LogP contribution in [0.3, 0.4) is 0 Å². The normalized spacial score (nSPS) is 10.8. The molecule has 0 aliphatic carbocycles. The fourth-order valence-corrected chi connectivity index (χ4v) is 2.83. The molecule has 4 aromatic rings. The third-order valence-corrected chi connectivity index (χ3v) is 3.95. The summed E-state index contributed by atoms with van der Waals surface area (Å²) < 4.78 is 2.07. The number of halogens is 1. The fourth-order valence-electron chi connectivity index (χ4n) is 2.65. The predicted octanol–water partition coefficient (Wildman–Crippen LogP) is 3.94. The van der Waals surface area contributed by atoms with E-state index in [-0.39, 0.29) is 0 Å². The van der Waals surface area contributed by atoms with Crippen LogP contribution in [0, 0.1) is 11.3 Å². The second-order valence-electron chi connectivity index (χ2n) is 5.09. The number of H-pyrrole nitrogens is 1. The van der Waals surface area contributed by atoms with Crippen molar-refractivity contribution in [1.82, 2.24) is 20.0 Å². The topological polar surface area (TPSA) is 70.3 Å². The van der Waals surface area contributed by atoms with Crippen LogP contribution >= 0.6 is 11.6 Å². The SMILES string of the molecule is N#Cc1[nH]nnc1-c1cccc(-n2ccc3cc(Cl)ccc32)c1. The van der Waals surface area contributed by atoms with Crippen LogP contribution in [0.15, 0.2) is 54.7 Å². The number of nitrogens with zero attached hydrogens (tertiary/aromatic N) is 4. The van der Waals surface area contributed by atoms with Crippen LogP contribution in [0.25, 0.3) is 27.8 Å². The van der Waals surface area contributed by atoms with Crippen molar-refractivity contribution >= 4 is 22.5 Å². The Kier molecular flexibility index (Phi) is 3.11. The number of aromatic nitrogens is 4. The smallest absolute Gasteiger partial charge is 0.163 e. The second kappa shape index (κ2) is 5.27. The molecule has 0 atom stereocenters. The highest BCUT2D eigenvalue weighted by Crippen LogP contribution is 2.26. The zero-order chi connectivity index (χ0) is 15.8. The summed E-state index contributed by atoms with van der Waals surface area (Å²) in [5, 5.41) is 21.2. The third kappa shape index (κ3) is 2.26. The van der Waals surface area contributed by atoms with Gasteiger partial charge in [-0.2, -0.15) is 5.26 Å². The van der Waals surface area contributed by atoms with Crippen LogP contribution in [0.5, 0.6) is 0 Å². The molecule has 0 unspecified atom stereocenters. The van der Waals surface area contributed by atoms with Crippen molar-refractivity contribution in [2.24, 2.45) is 0 Å². The number of benzene rings is 2. The Hall–Kier alpha value is -3.10. The van der Waals surface area contributed by atoms with Gasteiger partial charge in [-0.3, -0.25) is 0 Å². The van der Waals surface area contributed by atoms with Gasteiger partial charge in [0.05, 0.1) is 5.52 Å². The van der Waals surface area contributed by atoms with E-state index in [9.17, 15) is 0 Å². The molecule has 0 saturated heterocycles. The van der Waals surface area contributed by atoms with Crippen molar-refractivity contribution < 1.29 is 0 Å². The lowest BCUT2D eigenvalue weighted by Crippen LogP contribution is -1.93. The van der Waals surface area contributed by atoms with Crippen molar-refractivity contribution in [3.8, 4) is 23.0 Å². The number of fused-ring (bicyclic) bond motifs is 1. The molecule has 2 aromatic heterocycles. The monoisotopic (exact) mass is 319 g/mol. The molecule has 5 nitrogen and oxygen atoms in total. The first-order chi connectivity index (χ1) is 11.3. The first-order valence-corrected chi connectivity index (χ1v) is 7.32. The van der Waals surface area contributed by atoms with Crippen LogP contribution in [0.1, 0.15) is 5.69 Å². The largest absolute Gasteiger partial charge is 0.317 e. The van der Waals surface area contributed by atoms with Gasteiger partial charge in [0.1, 0.15) is 11.8 Å². The molecule has 0 radical (unpaired) electrons. The molecular weight excluding hydrogens is 310 g/mol. The minimum Gasteiger partial charge on any atom is -0.317 e. The van der Waals surface area contributed by atoms with Crippen molar-refractivity contribution in [3.63, 3.8) is 0 Å². The fraction of sp³-hybridized carbons (Fsp3) is 0. The van der Waals surface area contributed by atoms with E-state index in [0.29, 0.717) is 16.4 Å². The van der Waals surface area contributed by atoms with Gasteiger partial charge in [0, 0.05) is 27.9 Å². The van der Waals surface area contributed by atoms with Gasteiger partial charge >= 0.3 is 0 Å². The maximum Gasteiger partial charge on any atom is 0.163 e. The van der Waals surface area contributed by atoms with E-state index in [1.54, 1.807) is 0 Å². The minimum absolute atomic E-state index is 0.353. The number of nitrogens with one attached hydrogen (secondary N) is 1. The van der Waals surface area contributed by atoms with E-state index in [2.05, 4.69) is 26.0 Å². The highest BCUT2D eigenvalue weighted by molar-refractivity contribution is 6.31.